The number of nitrogens with one attached hydrogen (secondary N) is 1. The Morgan fingerprint density at radius 1 is 0.983 bits per heavy atom. The lowest BCUT2D eigenvalue weighted by Gasteiger charge is -2.67. The average molecular weight is 846 g/mol. The molecule has 1 saturated heterocycles. The maximum absolute atomic E-state index is 15.4. The van der Waals surface area contributed by atoms with Gasteiger partial charge in [-0.05, 0) is 50.8 Å². The van der Waals surface area contributed by atoms with Crippen molar-refractivity contribution in [2.75, 3.05) is 13.7 Å². The van der Waals surface area contributed by atoms with Crippen molar-refractivity contribution in [2.24, 2.45) is 28.1 Å². The van der Waals surface area contributed by atoms with E-state index in [1.165, 1.54) is 32.9 Å². The fourth-order valence-electron chi connectivity index (χ4n) is 9.51. The molecule has 0 aromatic heterocycles. The van der Waals surface area contributed by atoms with Gasteiger partial charge >= 0.3 is 30.2 Å². The molecule has 332 valence electrons. The lowest BCUT2D eigenvalue weighted by atomic mass is 9.45. The third kappa shape index (κ3) is 8.00. The van der Waals surface area contributed by atoms with Crippen molar-refractivity contribution in [3.63, 3.8) is 0 Å². The number of aliphatic hydroxyl groups is 3. The second-order valence-electron chi connectivity index (χ2n) is 19.1. The highest BCUT2D eigenvalue weighted by molar-refractivity contribution is 6.02. The molecular formula is C43H59NO16. The first-order valence-corrected chi connectivity index (χ1v) is 20.0. The minimum atomic E-state index is -2.42. The van der Waals surface area contributed by atoms with Crippen LogP contribution in [0.2, 0.25) is 0 Å². The number of carbonyl (C=O) groups is 6. The van der Waals surface area contributed by atoms with Gasteiger partial charge in [0, 0.05) is 31.1 Å². The molecule has 5 rings (SSSR count). The van der Waals surface area contributed by atoms with Crippen LogP contribution in [0.25, 0.3) is 0 Å². The molecule has 3 aliphatic carbocycles. The highest BCUT2D eigenvalue weighted by atomic mass is 16.8. The molecule has 1 aliphatic heterocycles. The van der Waals surface area contributed by atoms with Gasteiger partial charge in [0.2, 0.25) is 5.78 Å². The average Bonchev–Trinajstić information content (AvgIpc) is 3.13. The van der Waals surface area contributed by atoms with Crippen LogP contribution >= 0.6 is 0 Å². The van der Waals surface area contributed by atoms with Crippen LogP contribution in [0, 0.1) is 28.1 Å². The molecule has 2 bridgehead atoms. The molecule has 17 nitrogen and oxygen atoms in total. The summed E-state index contributed by atoms with van der Waals surface area (Å²) in [6.45, 7) is 16.6. The summed E-state index contributed by atoms with van der Waals surface area (Å²) in [5.41, 5.74) is -9.96. The minimum Gasteiger partial charge on any atom is -0.460 e. The number of hydrogen-bond donors (Lipinski definition) is 4. The number of ketones is 1. The van der Waals surface area contributed by atoms with Gasteiger partial charge in [0.1, 0.15) is 29.5 Å². The maximum Gasteiger partial charge on any atom is 0.508 e. The van der Waals surface area contributed by atoms with E-state index in [1.54, 1.807) is 66.7 Å². The molecule has 1 heterocycles. The Morgan fingerprint density at radius 3 is 2.12 bits per heavy atom. The Morgan fingerprint density at radius 2 is 1.60 bits per heavy atom. The largest absolute Gasteiger partial charge is 0.508 e. The first-order chi connectivity index (χ1) is 27.6. The number of esters is 3. The number of rotatable bonds is 8. The van der Waals surface area contributed by atoms with Crippen LogP contribution in [0.5, 0.6) is 0 Å². The third-order valence-electron chi connectivity index (χ3n) is 12.7. The van der Waals surface area contributed by atoms with Crippen molar-refractivity contribution in [1.82, 2.24) is 5.32 Å². The fourth-order valence-corrected chi connectivity index (χ4v) is 9.51. The van der Waals surface area contributed by atoms with Crippen molar-refractivity contribution < 1.29 is 77.2 Å². The van der Waals surface area contributed by atoms with Crippen LogP contribution in [-0.2, 0) is 47.5 Å². The van der Waals surface area contributed by atoms with Crippen LogP contribution < -0.4 is 5.32 Å². The number of methoxy groups -OCH3 is 1. The van der Waals surface area contributed by atoms with Gasteiger partial charge in [-0.3, -0.25) is 9.59 Å². The molecule has 3 fully saturated rings. The number of carbonyl (C=O) groups excluding carboxylic acids is 6. The zero-order valence-corrected chi connectivity index (χ0v) is 36.3. The van der Waals surface area contributed by atoms with Gasteiger partial charge < -0.3 is 53.8 Å². The fraction of sp³-hybridized carbons (Fsp3) is 0.674. The SMILES string of the molecule is COC(=O)O[C@@]12CO[C@@H]1CC(O)[C@@]1(C)C(=O)C(OC(C)=O)=C3C(C)[C@@H](OC(=O)[C@H](O)[C@@H](NC(=O)OC(C)(C)C)C(C)(C)C)C[C@@](O)([C@@H](OC(=O)c4ccccc4)C12)C3(C)C. The number of aliphatic hydroxyl groups excluding tert-OH is 2. The summed E-state index contributed by atoms with van der Waals surface area (Å²) in [7, 11) is 1.06. The van der Waals surface area contributed by atoms with Gasteiger partial charge in [-0.25, -0.2) is 19.2 Å². The van der Waals surface area contributed by atoms with Gasteiger partial charge in [-0.1, -0.05) is 59.7 Å². The molecule has 4 aliphatic rings. The molecule has 1 aromatic carbocycles. The van der Waals surface area contributed by atoms with Gasteiger partial charge in [-0.2, -0.15) is 0 Å². The predicted molar refractivity (Wildman–Crippen MR) is 209 cm³/mol. The summed E-state index contributed by atoms with van der Waals surface area (Å²) in [6.07, 6.45) is -10.9. The van der Waals surface area contributed by atoms with Crippen LogP contribution in [0.15, 0.2) is 41.7 Å². The summed E-state index contributed by atoms with van der Waals surface area (Å²) in [4.78, 5) is 82.7. The standard InChI is InChI=1S/C43H59NO16/c1-21-24(57-35(50)28(47)31(38(3,4)5)44-36(51)59-39(6,7)8)19-43(53)33(58-34(49)23-16-14-13-15-17-23)30-41(11,32(48)29(56-22(2)45)27(21)40(43,9)10)25(46)18-26-42(30,20-55-26)60-37(52)54-12/h13-17,21,24-26,28,30-31,33,46-47,53H,18-20H2,1-12H3,(H,44,51)/t21?,24-,25?,26+,28+,30?,31+,33-,41+,42-,43+/m0/s1. The van der Waals surface area contributed by atoms with Gasteiger partial charge in [0.15, 0.2) is 17.5 Å². The number of allylic oxidation sites excluding steroid dienone is 1. The Hall–Kier alpha value is -4.58. The summed E-state index contributed by atoms with van der Waals surface area (Å²) < 4.78 is 40.2. The molecule has 11 atom stereocenters. The Balaban J connectivity index is 1.74. The van der Waals surface area contributed by atoms with Gasteiger partial charge in [0.25, 0.3) is 0 Å². The highest BCUT2D eigenvalue weighted by Crippen LogP contribution is 2.65. The van der Waals surface area contributed by atoms with Gasteiger partial charge in [-0.15, -0.1) is 0 Å². The Labute approximate surface area is 349 Å². The number of benzene rings is 1. The minimum absolute atomic E-state index is 0.0226. The Kier molecular flexibility index (Phi) is 12.4. The summed E-state index contributed by atoms with van der Waals surface area (Å²) in [5, 5.41) is 39.8. The Bertz CT molecular complexity index is 1910. The summed E-state index contributed by atoms with van der Waals surface area (Å²) >= 11 is 0. The maximum atomic E-state index is 15.4. The quantitative estimate of drug-likeness (QED) is 0.214. The van der Waals surface area contributed by atoms with Crippen molar-refractivity contribution in [3.05, 3.63) is 47.2 Å². The zero-order valence-electron chi connectivity index (χ0n) is 36.3. The van der Waals surface area contributed by atoms with Crippen molar-refractivity contribution in [3.8, 4) is 0 Å². The number of Topliss-reactive ketones (excluding diaryl/α,β-unsaturated/α-hetero) is 1. The second-order valence-corrected chi connectivity index (χ2v) is 19.1. The number of hydrogen-bond acceptors (Lipinski definition) is 16. The zero-order chi connectivity index (χ0) is 45.1. The number of fused-ring (bicyclic) bond motifs is 5. The molecule has 1 aromatic rings. The first-order valence-electron chi connectivity index (χ1n) is 20.0. The molecular weight excluding hydrogens is 786 g/mol. The molecule has 4 N–H and O–H groups in total. The van der Waals surface area contributed by atoms with Crippen LogP contribution in [-0.4, -0.2) is 118 Å². The highest BCUT2D eigenvalue weighted by Gasteiger charge is 2.78. The molecule has 17 heteroatoms. The van der Waals surface area contributed by atoms with E-state index in [1.807, 2.05) is 0 Å². The predicted octanol–water partition coefficient (Wildman–Crippen LogP) is 3.93. The van der Waals surface area contributed by atoms with E-state index in [2.05, 4.69) is 5.32 Å². The van der Waals surface area contributed by atoms with Crippen LogP contribution in [0.1, 0.15) is 99.4 Å². The van der Waals surface area contributed by atoms with Gasteiger partial charge in [0.05, 0.1) is 42.8 Å². The summed E-state index contributed by atoms with van der Waals surface area (Å²) in [6, 6.07) is 6.50. The van der Waals surface area contributed by atoms with E-state index >= 15 is 4.79 Å². The van der Waals surface area contributed by atoms with Crippen LogP contribution in [0.3, 0.4) is 0 Å². The molecule has 2 saturated carbocycles. The van der Waals surface area contributed by atoms with E-state index < -0.39 is 130 Å². The number of alkyl carbamates (subject to hydrolysis) is 1. The molecule has 1 amide bonds. The van der Waals surface area contributed by atoms with Crippen molar-refractivity contribution in [2.45, 2.75) is 142 Å². The van der Waals surface area contributed by atoms with Crippen molar-refractivity contribution in [1.29, 1.82) is 0 Å². The van der Waals surface area contributed by atoms with E-state index in [4.69, 9.17) is 33.2 Å². The van der Waals surface area contributed by atoms with Crippen molar-refractivity contribution >= 4 is 35.9 Å². The second kappa shape index (κ2) is 16.0. The first kappa shape index (κ1) is 46.5. The monoisotopic (exact) mass is 845 g/mol. The molecule has 3 unspecified atom stereocenters. The van der Waals surface area contributed by atoms with E-state index in [0.29, 0.717) is 0 Å². The molecule has 0 radical (unpaired) electrons. The molecule has 60 heavy (non-hydrogen) atoms. The summed E-state index contributed by atoms with van der Waals surface area (Å²) in [5.74, 6) is -7.32. The topological polar surface area (TPSA) is 240 Å². The van der Waals surface area contributed by atoms with E-state index in [0.717, 1.165) is 14.0 Å². The van der Waals surface area contributed by atoms with E-state index in [-0.39, 0.29) is 24.2 Å². The normalized spacial score (nSPS) is 33.1. The number of ether oxygens (including phenoxy) is 7. The lowest BCUT2D eigenvalue weighted by molar-refractivity contribution is -0.343. The smallest absolute Gasteiger partial charge is 0.460 e. The molecule has 0 spiro atoms. The third-order valence-corrected chi connectivity index (χ3v) is 12.7. The lowest BCUT2D eigenvalue weighted by Crippen LogP contribution is -2.81. The number of amides is 1. The van der Waals surface area contributed by atoms with E-state index in [9.17, 15) is 39.3 Å². The van der Waals surface area contributed by atoms with Crippen LogP contribution in [0.4, 0.5) is 9.59 Å².